The first kappa shape index (κ1) is 28.1. The van der Waals surface area contributed by atoms with Crippen molar-refractivity contribution in [1.82, 2.24) is 10.2 Å². The molecule has 0 bridgehead atoms. The summed E-state index contributed by atoms with van der Waals surface area (Å²) in [6.07, 6.45) is 1.80. The van der Waals surface area contributed by atoms with Gasteiger partial charge < -0.3 is 10.2 Å². The third-order valence-corrected chi connectivity index (χ3v) is 7.78. The molecule has 0 unspecified atom stereocenters. The number of sulfonamides is 1. The summed E-state index contributed by atoms with van der Waals surface area (Å²) >= 11 is 9.52. The molecule has 0 heterocycles. The molecule has 0 spiro atoms. The van der Waals surface area contributed by atoms with Gasteiger partial charge in [-0.25, -0.2) is 8.42 Å². The summed E-state index contributed by atoms with van der Waals surface area (Å²) < 4.78 is 27.1. The zero-order valence-corrected chi connectivity index (χ0v) is 23.2. The number of amides is 2. The molecule has 0 saturated carbocycles. The average molecular weight is 573 g/mol. The van der Waals surface area contributed by atoms with Crippen molar-refractivity contribution in [1.29, 1.82) is 0 Å². The maximum Gasteiger partial charge on any atom is 0.244 e. The van der Waals surface area contributed by atoms with Crippen LogP contribution in [0.4, 0.5) is 5.69 Å². The quantitative estimate of drug-likeness (QED) is 0.454. The molecule has 2 amide bonds. The summed E-state index contributed by atoms with van der Waals surface area (Å²) in [4.78, 5) is 27.8. The molecule has 1 N–H and O–H groups in total. The van der Waals surface area contributed by atoms with E-state index >= 15 is 0 Å². The molecule has 2 atom stereocenters. The Hall–Kier alpha value is -2.10. The number of rotatable bonds is 10. The van der Waals surface area contributed by atoms with Crippen molar-refractivity contribution >= 4 is 55.1 Å². The van der Waals surface area contributed by atoms with Gasteiger partial charge in [0.2, 0.25) is 21.8 Å². The van der Waals surface area contributed by atoms with Gasteiger partial charge in [-0.15, -0.1) is 0 Å². The fourth-order valence-corrected chi connectivity index (χ4v) is 4.58. The SMILES string of the molecule is CC[C@@H](C)NC(=O)[C@@H](C)N(Cc1cccc(Cl)c1)C(=O)CN(c1ccc(Br)c(C)c1)S(C)(=O)=O. The first-order chi connectivity index (χ1) is 15.8. The Bertz CT molecular complexity index is 1140. The van der Waals surface area contributed by atoms with Gasteiger partial charge in [0.1, 0.15) is 12.6 Å². The number of hydrogen-bond donors (Lipinski definition) is 1. The van der Waals surface area contributed by atoms with E-state index < -0.39 is 28.5 Å². The van der Waals surface area contributed by atoms with E-state index in [1.54, 1.807) is 49.4 Å². The third-order valence-electron chi connectivity index (χ3n) is 5.52. The van der Waals surface area contributed by atoms with Crippen LogP contribution < -0.4 is 9.62 Å². The lowest BCUT2D eigenvalue weighted by Gasteiger charge is -2.32. The molecule has 0 aliphatic carbocycles. The van der Waals surface area contributed by atoms with Crippen LogP contribution in [0.3, 0.4) is 0 Å². The summed E-state index contributed by atoms with van der Waals surface area (Å²) in [5, 5.41) is 3.40. The Kier molecular flexibility index (Phi) is 9.96. The van der Waals surface area contributed by atoms with E-state index in [-0.39, 0.29) is 18.5 Å². The minimum atomic E-state index is -3.78. The summed E-state index contributed by atoms with van der Waals surface area (Å²) in [6.45, 7) is 6.97. The second-order valence-corrected chi connectivity index (χ2v) is 11.5. The molecular formula is C24H31BrClN3O4S. The van der Waals surface area contributed by atoms with Crippen LogP contribution in [-0.2, 0) is 26.2 Å². The van der Waals surface area contributed by atoms with E-state index in [1.807, 2.05) is 20.8 Å². The van der Waals surface area contributed by atoms with Gasteiger partial charge in [0.25, 0.3) is 0 Å². The van der Waals surface area contributed by atoms with Crippen molar-refractivity contribution in [2.75, 3.05) is 17.1 Å². The van der Waals surface area contributed by atoms with Gasteiger partial charge in [0.05, 0.1) is 11.9 Å². The second-order valence-electron chi connectivity index (χ2n) is 8.35. The molecule has 2 aromatic carbocycles. The summed E-state index contributed by atoms with van der Waals surface area (Å²) in [5.41, 5.74) is 1.93. The standard InChI is InChI=1S/C24H31BrClN3O4S/c1-6-17(3)27-24(31)18(4)28(14-19-8-7-9-20(26)13-19)23(30)15-29(34(5,32)33)21-10-11-22(25)16(2)12-21/h7-13,17-18H,6,14-15H2,1-5H3,(H,27,31)/t17-,18-/m1/s1. The summed E-state index contributed by atoms with van der Waals surface area (Å²) in [7, 11) is -3.78. The fraction of sp³-hybridized carbons (Fsp3) is 0.417. The predicted molar refractivity (Wildman–Crippen MR) is 140 cm³/mol. The molecule has 34 heavy (non-hydrogen) atoms. The van der Waals surface area contributed by atoms with Crippen molar-refractivity contribution in [2.24, 2.45) is 0 Å². The van der Waals surface area contributed by atoms with Gasteiger partial charge in [-0.3, -0.25) is 13.9 Å². The van der Waals surface area contributed by atoms with Crippen molar-refractivity contribution in [3.05, 3.63) is 63.1 Å². The smallest absolute Gasteiger partial charge is 0.244 e. The highest BCUT2D eigenvalue weighted by molar-refractivity contribution is 9.10. The molecule has 0 aliphatic heterocycles. The van der Waals surface area contributed by atoms with Crippen LogP contribution in [0.25, 0.3) is 0 Å². The zero-order chi connectivity index (χ0) is 25.6. The van der Waals surface area contributed by atoms with Gasteiger partial charge in [-0.2, -0.15) is 0 Å². The second kappa shape index (κ2) is 12.0. The molecule has 10 heteroatoms. The van der Waals surface area contributed by atoms with Crippen LogP contribution in [0, 0.1) is 6.92 Å². The molecule has 0 aliphatic rings. The average Bonchev–Trinajstić information content (AvgIpc) is 2.76. The number of aryl methyl sites for hydroxylation is 1. The summed E-state index contributed by atoms with van der Waals surface area (Å²) in [6, 6.07) is 11.2. The van der Waals surface area contributed by atoms with Crippen LogP contribution in [0.15, 0.2) is 46.9 Å². The normalized spacial score (nSPS) is 13.1. The monoisotopic (exact) mass is 571 g/mol. The molecule has 2 rings (SSSR count). The minimum Gasteiger partial charge on any atom is -0.352 e. The maximum absolute atomic E-state index is 13.5. The van der Waals surface area contributed by atoms with E-state index in [0.29, 0.717) is 10.7 Å². The van der Waals surface area contributed by atoms with Gasteiger partial charge in [0, 0.05) is 22.1 Å². The van der Waals surface area contributed by atoms with E-state index in [9.17, 15) is 18.0 Å². The van der Waals surface area contributed by atoms with Crippen molar-refractivity contribution in [3.8, 4) is 0 Å². The summed E-state index contributed by atoms with van der Waals surface area (Å²) in [5.74, 6) is -0.812. The topological polar surface area (TPSA) is 86.8 Å². The lowest BCUT2D eigenvalue weighted by molar-refractivity contribution is -0.139. The van der Waals surface area contributed by atoms with E-state index in [0.717, 1.165) is 32.6 Å². The number of halogens is 2. The highest BCUT2D eigenvalue weighted by atomic mass is 79.9. The van der Waals surface area contributed by atoms with Gasteiger partial charge in [-0.05, 0) is 68.7 Å². The number of carbonyl (C=O) groups is 2. The first-order valence-corrected chi connectivity index (χ1v) is 13.9. The predicted octanol–water partition coefficient (Wildman–Crippen LogP) is 4.51. The van der Waals surface area contributed by atoms with E-state index in [4.69, 9.17) is 11.6 Å². The molecule has 0 saturated heterocycles. The molecule has 0 fully saturated rings. The Morgan fingerprint density at radius 3 is 2.38 bits per heavy atom. The van der Waals surface area contributed by atoms with Crippen LogP contribution >= 0.6 is 27.5 Å². The lowest BCUT2D eigenvalue weighted by atomic mass is 10.1. The van der Waals surface area contributed by atoms with Crippen LogP contribution in [0.2, 0.25) is 5.02 Å². The first-order valence-electron chi connectivity index (χ1n) is 10.9. The maximum atomic E-state index is 13.5. The van der Waals surface area contributed by atoms with Gasteiger partial charge >= 0.3 is 0 Å². The molecule has 0 radical (unpaired) electrons. The fourth-order valence-electron chi connectivity index (χ4n) is 3.28. The largest absolute Gasteiger partial charge is 0.352 e. The Labute approximate surface area is 215 Å². The Morgan fingerprint density at radius 1 is 1.15 bits per heavy atom. The number of hydrogen-bond acceptors (Lipinski definition) is 4. The van der Waals surface area contributed by atoms with Crippen LogP contribution in [0.5, 0.6) is 0 Å². The van der Waals surface area contributed by atoms with Crippen molar-refractivity contribution in [2.45, 2.75) is 52.7 Å². The number of benzene rings is 2. The van der Waals surface area contributed by atoms with Crippen LogP contribution in [-0.4, -0.2) is 50.0 Å². The highest BCUT2D eigenvalue weighted by Crippen LogP contribution is 2.25. The Balaban J connectivity index is 2.41. The number of carbonyl (C=O) groups excluding carboxylic acids is 2. The number of anilines is 1. The molecular weight excluding hydrogens is 542 g/mol. The van der Waals surface area contributed by atoms with Crippen molar-refractivity contribution < 1.29 is 18.0 Å². The van der Waals surface area contributed by atoms with E-state index in [1.165, 1.54) is 4.90 Å². The Morgan fingerprint density at radius 2 is 1.82 bits per heavy atom. The van der Waals surface area contributed by atoms with Gasteiger partial charge in [0.15, 0.2) is 0 Å². The number of nitrogens with one attached hydrogen (secondary N) is 1. The molecule has 0 aromatic heterocycles. The molecule has 7 nitrogen and oxygen atoms in total. The zero-order valence-electron chi connectivity index (χ0n) is 20.0. The highest BCUT2D eigenvalue weighted by Gasteiger charge is 2.30. The molecule has 186 valence electrons. The van der Waals surface area contributed by atoms with Gasteiger partial charge in [-0.1, -0.05) is 46.6 Å². The lowest BCUT2D eigenvalue weighted by Crippen LogP contribution is -2.52. The van der Waals surface area contributed by atoms with Crippen LogP contribution in [0.1, 0.15) is 38.3 Å². The minimum absolute atomic E-state index is 0.0590. The number of nitrogens with zero attached hydrogens (tertiary/aromatic N) is 2. The van der Waals surface area contributed by atoms with E-state index in [2.05, 4.69) is 21.2 Å². The van der Waals surface area contributed by atoms with Crippen molar-refractivity contribution in [3.63, 3.8) is 0 Å². The molecule has 2 aromatic rings. The third kappa shape index (κ3) is 7.71.